The van der Waals surface area contributed by atoms with Crippen molar-refractivity contribution in [3.05, 3.63) is 71.9 Å². The Morgan fingerprint density at radius 2 is 1.67 bits per heavy atom. The molecule has 2 aromatic carbocycles. The highest BCUT2D eigenvalue weighted by atomic mass is 15.2. The Morgan fingerprint density at radius 3 is 2.52 bits per heavy atom. The highest BCUT2D eigenvalue weighted by molar-refractivity contribution is 5.81. The average molecular weight is 276 g/mol. The van der Waals surface area contributed by atoms with E-state index in [1.54, 1.807) is 0 Å². The summed E-state index contributed by atoms with van der Waals surface area (Å²) in [5.41, 5.74) is 4.23. The summed E-state index contributed by atoms with van der Waals surface area (Å²) in [5.74, 6) is 0.450. The molecule has 21 heavy (non-hydrogen) atoms. The molecule has 3 aromatic rings. The largest absolute Gasteiger partial charge is 0.343 e. The van der Waals surface area contributed by atoms with Crippen molar-refractivity contribution in [3.8, 4) is 0 Å². The number of aromatic nitrogens is 1. The van der Waals surface area contributed by atoms with Crippen molar-refractivity contribution in [1.82, 2.24) is 9.47 Å². The molecule has 0 saturated heterocycles. The van der Waals surface area contributed by atoms with Crippen LogP contribution >= 0.6 is 0 Å². The van der Waals surface area contributed by atoms with Crippen LogP contribution in [0.15, 0.2) is 60.7 Å². The molecule has 2 heterocycles. The van der Waals surface area contributed by atoms with E-state index in [1.807, 2.05) is 0 Å². The van der Waals surface area contributed by atoms with Crippen LogP contribution in [0.25, 0.3) is 10.9 Å². The fourth-order valence-corrected chi connectivity index (χ4v) is 3.50. The van der Waals surface area contributed by atoms with Gasteiger partial charge in [-0.15, -0.1) is 0 Å². The fraction of sp³-hybridized carbons (Fsp3) is 0.263. The summed E-state index contributed by atoms with van der Waals surface area (Å²) in [6.45, 7) is 3.26. The third-order valence-electron chi connectivity index (χ3n) is 4.60. The predicted octanol–water partition coefficient (Wildman–Crippen LogP) is 3.72. The minimum atomic E-state index is 0.450. The van der Waals surface area contributed by atoms with Crippen molar-refractivity contribution in [2.45, 2.75) is 12.5 Å². The Hall–Kier alpha value is -2.06. The maximum Gasteiger partial charge on any atom is 0.0483 e. The van der Waals surface area contributed by atoms with E-state index in [0.29, 0.717) is 5.92 Å². The minimum absolute atomic E-state index is 0.450. The lowest BCUT2D eigenvalue weighted by Gasteiger charge is -2.20. The van der Waals surface area contributed by atoms with Gasteiger partial charge in [-0.1, -0.05) is 48.5 Å². The first-order valence-corrected chi connectivity index (χ1v) is 7.64. The van der Waals surface area contributed by atoms with Crippen molar-refractivity contribution in [2.75, 3.05) is 20.1 Å². The maximum absolute atomic E-state index is 2.51. The van der Waals surface area contributed by atoms with E-state index in [-0.39, 0.29) is 0 Å². The number of benzene rings is 2. The third kappa shape index (κ3) is 2.16. The summed E-state index contributed by atoms with van der Waals surface area (Å²) in [6.07, 6.45) is 0. The van der Waals surface area contributed by atoms with Gasteiger partial charge in [0.25, 0.3) is 0 Å². The van der Waals surface area contributed by atoms with Crippen LogP contribution in [0.3, 0.4) is 0 Å². The molecule has 2 heteroatoms. The lowest BCUT2D eigenvalue weighted by molar-refractivity contribution is 0.331. The number of rotatable bonds is 1. The zero-order chi connectivity index (χ0) is 14.2. The molecule has 0 N–H and O–H groups in total. The first-order valence-electron chi connectivity index (χ1n) is 7.64. The Bertz CT molecular complexity index is 758. The van der Waals surface area contributed by atoms with Gasteiger partial charge in [-0.05, 0) is 30.1 Å². The summed E-state index contributed by atoms with van der Waals surface area (Å²) >= 11 is 0. The molecule has 0 radical (unpaired) electrons. The Morgan fingerprint density at radius 1 is 0.905 bits per heavy atom. The van der Waals surface area contributed by atoms with E-state index in [4.69, 9.17) is 0 Å². The van der Waals surface area contributed by atoms with Gasteiger partial charge in [0.1, 0.15) is 0 Å². The van der Waals surface area contributed by atoms with Crippen LogP contribution in [-0.2, 0) is 6.54 Å². The smallest absolute Gasteiger partial charge is 0.0483 e. The molecule has 0 bridgehead atoms. The normalized spacial score (nSPS) is 19.4. The van der Waals surface area contributed by atoms with Gasteiger partial charge in [-0.25, -0.2) is 0 Å². The van der Waals surface area contributed by atoms with E-state index >= 15 is 0 Å². The van der Waals surface area contributed by atoms with Crippen molar-refractivity contribution in [3.63, 3.8) is 0 Å². The first kappa shape index (κ1) is 12.7. The minimum Gasteiger partial charge on any atom is -0.343 e. The maximum atomic E-state index is 2.51. The van der Waals surface area contributed by atoms with E-state index in [0.717, 1.165) is 19.6 Å². The van der Waals surface area contributed by atoms with Crippen LogP contribution in [-0.4, -0.2) is 29.6 Å². The second-order valence-electron chi connectivity index (χ2n) is 6.01. The number of hydrogen-bond donors (Lipinski definition) is 0. The quantitative estimate of drug-likeness (QED) is 0.657. The van der Waals surface area contributed by atoms with E-state index in [2.05, 4.69) is 77.2 Å². The molecular weight excluding hydrogens is 256 g/mol. The van der Waals surface area contributed by atoms with E-state index in [9.17, 15) is 0 Å². The highest BCUT2D eigenvalue weighted by Gasteiger charge is 2.24. The molecule has 1 aromatic heterocycles. The number of para-hydroxylation sites is 1. The molecule has 106 valence electrons. The number of likely N-dealkylation sites (N-methyl/N-ethyl adjacent to an activating group) is 1. The van der Waals surface area contributed by atoms with Crippen molar-refractivity contribution >= 4 is 10.9 Å². The monoisotopic (exact) mass is 276 g/mol. The fourth-order valence-electron chi connectivity index (χ4n) is 3.50. The Labute approximate surface area is 125 Å². The molecule has 0 amide bonds. The van der Waals surface area contributed by atoms with Crippen molar-refractivity contribution < 1.29 is 0 Å². The number of hydrogen-bond acceptors (Lipinski definition) is 1. The standard InChI is InChI=1S/C19H20N2/c1-20-11-12-21-18-10-6-5-9-16(18)13-19(21)17(14-20)15-7-3-2-4-8-15/h2-10,13,17H,11-12,14H2,1H3. The van der Waals surface area contributed by atoms with Crippen molar-refractivity contribution in [2.24, 2.45) is 0 Å². The zero-order valence-corrected chi connectivity index (χ0v) is 12.4. The highest BCUT2D eigenvalue weighted by Crippen LogP contribution is 2.32. The van der Waals surface area contributed by atoms with E-state index in [1.165, 1.54) is 22.2 Å². The van der Waals surface area contributed by atoms with Crippen LogP contribution in [0, 0.1) is 0 Å². The van der Waals surface area contributed by atoms with Crippen LogP contribution in [0.2, 0.25) is 0 Å². The molecule has 0 saturated carbocycles. The number of fused-ring (bicyclic) bond motifs is 3. The molecule has 0 aliphatic carbocycles. The molecular formula is C19H20N2. The summed E-state index contributed by atoms with van der Waals surface area (Å²) in [5, 5.41) is 1.36. The number of nitrogens with zero attached hydrogens (tertiary/aromatic N) is 2. The van der Waals surface area contributed by atoms with Crippen LogP contribution in [0.5, 0.6) is 0 Å². The molecule has 1 unspecified atom stereocenters. The third-order valence-corrected chi connectivity index (χ3v) is 4.60. The van der Waals surface area contributed by atoms with Gasteiger partial charge < -0.3 is 9.47 Å². The Balaban J connectivity index is 1.91. The lowest BCUT2D eigenvalue weighted by atomic mass is 9.95. The van der Waals surface area contributed by atoms with Gasteiger partial charge in [0, 0.05) is 36.8 Å². The SMILES string of the molecule is CN1CCn2c(cc3ccccc32)C(c2ccccc2)C1. The molecule has 4 rings (SSSR count). The van der Waals surface area contributed by atoms with Gasteiger partial charge >= 0.3 is 0 Å². The molecule has 1 aliphatic heterocycles. The van der Waals surface area contributed by atoms with Crippen LogP contribution in [0.4, 0.5) is 0 Å². The van der Waals surface area contributed by atoms with Gasteiger partial charge in [0.15, 0.2) is 0 Å². The first-order chi connectivity index (χ1) is 10.3. The second kappa shape index (κ2) is 5.05. The summed E-state index contributed by atoms with van der Waals surface area (Å²) in [4.78, 5) is 2.44. The summed E-state index contributed by atoms with van der Waals surface area (Å²) < 4.78 is 2.51. The second-order valence-corrected chi connectivity index (χ2v) is 6.01. The lowest BCUT2D eigenvalue weighted by Crippen LogP contribution is -2.24. The van der Waals surface area contributed by atoms with E-state index < -0.39 is 0 Å². The topological polar surface area (TPSA) is 8.17 Å². The predicted molar refractivity (Wildman–Crippen MR) is 87.7 cm³/mol. The summed E-state index contributed by atoms with van der Waals surface area (Å²) in [7, 11) is 2.23. The van der Waals surface area contributed by atoms with Crippen LogP contribution < -0.4 is 0 Å². The average Bonchev–Trinajstić information content (AvgIpc) is 2.81. The van der Waals surface area contributed by atoms with Gasteiger partial charge in [0.2, 0.25) is 0 Å². The summed E-state index contributed by atoms with van der Waals surface area (Å²) in [6, 6.07) is 22.0. The van der Waals surface area contributed by atoms with Crippen LogP contribution in [0.1, 0.15) is 17.2 Å². The molecule has 0 spiro atoms. The van der Waals surface area contributed by atoms with Gasteiger partial charge in [0.05, 0.1) is 0 Å². The molecule has 1 aliphatic rings. The van der Waals surface area contributed by atoms with Gasteiger partial charge in [-0.2, -0.15) is 0 Å². The molecule has 2 nitrogen and oxygen atoms in total. The zero-order valence-electron chi connectivity index (χ0n) is 12.4. The molecule has 1 atom stereocenters. The molecule has 0 fully saturated rings. The van der Waals surface area contributed by atoms with Crippen molar-refractivity contribution in [1.29, 1.82) is 0 Å². The van der Waals surface area contributed by atoms with Gasteiger partial charge in [-0.3, -0.25) is 0 Å². The Kier molecular flexibility index (Phi) is 3.04.